The normalized spacial score (nSPS) is 18.0. The van der Waals surface area contributed by atoms with E-state index in [1.807, 2.05) is 40.3 Å². The van der Waals surface area contributed by atoms with Gasteiger partial charge in [0.15, 0.2) is 0 Å². The standard InChI is InChI=1S/C16H16ClN3S/c17-11-4-5-16-19-12(10-20(16)9-11)8-18-14-2-1-3-15-13(14)6-7-21-15/h4-7,9-10,14,18H,1-3,8H2. The Morgan fingerprint density at radius 1 is 1.33 bits per heavy atom. The summed E-state index contributed by atoms with van der Waals surface area (Å²) in [4.78, 5) is 6.17. The maximum Gasteiger partial charge on any atom is 0.137 e. The molecule has 1 atom stereocenters. The fourth-order valence-electron chi connectivity index (χ4n) is 3.03. The molecule has 3 nitrogen and oxygen atoms in total. The molecule has 108 valence electrons. The van der Waals surface area contributed by atoms with Gasteiger partial charge in [0.2, 0.25) is 0 Å². The highest BCUT2D eigenvalue weighted by molar-refractivity contribution is 7.10. The number of fused-ring (bicyclic) bond motifs is 2. The predicted molar refractivity (Wildman–Crippen MR) is 87.0 cm³/mol. The smallest absolute Gasteiger partial charge is 0.137 e. The van der Waals surface area contributed by atoms with E-state index in [0.717, 1.165) is 22.9 Å². The zero-order valence-electron chi connectivity index (χ0n) is 11.6. The van der Waals surface area contributed by atoms with Gasteiger partial charge in [-0.1, -0.05) is 11.6 Å². The minimum atomic E-state index is 0.466. The summed E-state index contributed by atoms with van der Waals surface area (Å²) in [5.74, 6) is 0. The minimum absolute atomic E-state index is 0.466. The third kappa shape index (κ3) is 2.59. The highest BCUT2D eigenvalue weighted by Crippen LogP contribution is 2.33. The third-order valence-corrected chi connectivity index (χ3v) is 5.27. The first-order valence-electron chi connectivity index (χ1n) is 7.22. The van der Waals surface area contributed by atoms with Gasteiger partial charge in [-0.2, -0.15) is 0 Å². The second-order valence-corrected chi connectivity index (χ2v) is 6.91. The molecule has 3 heterocycles. The van der Waals surface area contributed by atoms with Crippen LogP contribution in [0.15, 0.2) is 36.0 Å². The summed E-state index contributed by atoms with van der Waals surface area (Å²) in [5, 5.41) is 6.59. The summed E-state index contributed by atoms with van der Waals surface area (Å²) in [7, 11) is 0. The summed E-state index contributed by atoms with van der Waals surface area (Å²) in [6, 6.07) is 6.55. The van der Waals surface area contributed by atoms with Crippen LogP contribution in [-0.4, -0.2) is 9.38 Å². The number of nitrogens with zero attached hydrogens (tertiary/aromatic N) is 2. The van der Waals surface area contributed by atoms with Gasteiger partial charge < -0.3 is 9.72 Å². The number of thiophene rings is 1. The van der Waals surface area contributed by atoms with Gasteiger partial charge in [0.1, 0.15) is 5.65 Å². The average Bonchev–Trinajstić information content (AvgIpc) is 3.10. The highest BCUT2D eigenvalue weighted by atomic mass is 35.5. The molecular formula is C16H16ClN3S. The number of rotatable bonds is 3. The van der Waals surface area contributed by atoms with E-state index in [1.165, 1.54) is 24.8 Å². The van der Waals surface area contributed by atoms with Gasteiger partial charge in [0, 0.05) is 29.9 Å². The van der Waals surface area contributed by atoms with Crippen LogP contribution >= 0.6 is 22.9 Å². The van der Waals surface area contributed by atoms with Crippen molar-refractivity contribution in [3.63, 3.8) is 0 Å². The molecule has 0 amide bonds. The molecule has 0 saturated heterocycles. The van der Waals surface area contributed by atoms with Crippen LogP contribution in [0, 0.1) is 0 Å². The predicted octanol–water partition coefficient (Wildman–Crippen LogP) is 4.22. The van der Waals surface area contributed by atoms with Crippen molar-refractivity contribution in [3.05, 3.63) is 57.1 Å². The number of aromatic nitrogens is 2. The fourth-order valence-corrected chi connectivity index (χ4v) is 4.18. The lowest BCUT2D eigenvalue weighted by Crippen LogP contribution is -2.23. The summed E-state index contributed by atoms with van der Waals surface area (Å²) in [5.41, 5.74) is 3.48. The van der Waals surface area contributed by atoms with Crippen molar-refractivity contribution >= 4 is 28.6 Å². The van der Waals surface area contributed by atoms with Gasteiger partial charge >= 0.3 is 0 Å². The molecule has 0 saturated carbocycles. The molecule has 3 aromatic heterocycles. The van der Waals surface area contributed by atoms with Crippen molar-refractivity contribution in [1.82, 2.24) is 14.7 Å². The van der Waals surface area contributed by atoms with Gasteiger partial charge in [-0.3, -0.25) is 0 Å². The number of nitrogens with one attached hydrogen (secondary N) is 1. The fraction of sp³-hybridized carbons (Fsp3) is 0.312. The second-order valence-electron chi connectivity index (χ2n) is 5.47. The molecular weight excluding hydrogens is 302 g/mol. The molecule has 1 N–H and O–H groups in total. The first-order valence-corrected chi connectivity index (χ1v) is 8.48. The third-order valence-electron chi connectivity index (χ3n) is 4.05. The van der Waals surface area contributed by atoms with Crippen molar-refractivity contribution in [2.45, 2.75) is 31.8 Å². The number of hydrogen-bond acceptors (Lipinski definition) is 3. The molecule has 0 fully saturated rings. The quantitative estimate of drug-likeness (QED) is 0.784. The van der Waals surface area contributed by atoms with E-state index in [9.17, 15) is 0 Å². The molecule has 1 aliphatic carbocycles. The second kappa shape index (κ2) is 5.44. The van der Waals surface area contributed by atoms with E-state index in [4.69, 9.17) is 11.6 Å². The Balaban J connectivity index is 1.51. The maximum atomic E-state index is 6.01. The first-order chi connectivity index (χ1) is 10.3. The van der Waals surface area contributed by atoms with E-state index >= 15 is 0 Å². The van der Waals surface area contributed by atoms with Crippen LogP contribution < -0.4 is 5.32 Å². The lowest BCUT2D eigenvalue weighted by Gasteiger charge is -2.23. The number of halogens is 1. The molecule has 1 unspecified atom stereocenters. The molecule has 0 aromatic carbocycles. The summed E-state index contributed by atoms with van der Waals surface area (Å²) < 4.78 is 1.98. The maximum absolute atomic E-state index is 6.01. The van der Waals surface area contributed by atoms with Crippen molar-refractivity contribution in [3.8, 4) is 0 Å². The van der Waals surface area contributed by atoms with Crippen LogP contribution in [0.5, 0.6) is 0 Å². The molecule has 5 heteroatoms. The van der Waals surface area contributed by atoms with Crippen molar-refractivity contribution in [2.24, 2.45) is 0 Å². The lowest BCUT2D eigenvalue weighted by atomic mass is 9.94. The summed E-state index contributed by atoms with van der Waals surface area (Å²) >= 11 is 7.89. The Hall–Kier alpha value is -1.36. The van der Waals surface area contributed by atoms with E-state index < -0.39 is 0 Å². The summed E-state index contributed by atoms with van der Waals surface area (Å²) in [6.07, 6.45) is 7.66. The molecule has 21 heavy (non-hydrogen) atoms. The van der Waals surface area contributed by atoms with Crippen LogP contribution in [0.1, 0.15) is 35.0 Å². The highest BCUT2D eigenvalue weighted by Gasteiger charge is 2.20. The number of pyridine rings is 1. The molecule has 0 aliphatic heterocycles. The van der Waals surface area contributed by atoms with E-state index in [0.29, 0.717) is 6.04 Å². The SMILES string of the molecule is Clc1ccc2nc(CNC3CCCc4sccc43)cn2c1. The van der Waals surface area contributed by atoms with Crippen molar-refractivity contribution in [2.75, 3.05) is 0 Å². The Morgan fingerprint density at radius 2 is 2.29 bits per heavy atom. The van der Waals surface area contributed by atoms with Crippen LogP contribution in [0.3, 0.4) is 0 Å². The molecule has 4 rings (SSSR count). The minimum Gasteiger partial charge on any atom is -0.305 e. The van der Waals surface area contributed by atoms with Crippen LogP contribution in [-0.2, 0) is 13.0 Å². The monoisotopic (exact) mass is 317 g/mol. The lowest BCUT2D eigenvalue weighted by molar-refractivity contribution is 0.461. The Morgan fingerprint density at radius 3 is 3.24 bits per heavy atom. The molecule has 0 bridgehead atoms. The van der Waals surface area contributed by atoms with Crippen LogP contribution in [0.2, 0.25) is 5.02 Å². The van der Waals surface area contributed by atoms with Gasteiger partial charge in [0.25, 0.3) is 0 Å². The van der Waals surface area contributed by atoms with Gasteiger partial charge in [-0.05, 0) is 48.4 Å². The summed E-state index contributed by atoms with van der Waals surface area (Å²) in [6.45, 7) is 0.791. The van der Waals surface area contributed by atoms with Gasteiger partial charge in [-0.15, -0.1) is 11.3 Å². The largest absolute Gasteiger partial charge is 0.305 e. The topological polar surface area (TPSA) is 29.3 Å². The molecule has 0 spiro atoms. The first kappa shape index (κ1) is 13.3. The van der Waals surface area contributed by atoms with E-state index in [1.54, 1.807) is 4.88 Å². The Kier molecular flexibility index (Phi) is 3.45. The molecule has 1 aliphatic rings. The van der Waals surface area contributed by atoms with Crippen LogP contribution in [0.4, 0.5) is 0 Å². The zero-order valence-corrected chi connectivity index (χ0v) is 13.1. The van der Waals surface area contributed by atoms with E-state index in [-0.39, 0.29) is 0 Å². The average molecular weight is 318 g/mol. The molecule has 0 radical (unpaired) electrons. The Bertz CT molecular complexity index is 777. The number of imidazole rings is 1. The van der Waals surface area contributed by atoms with Gasteiger partial charge in [0.05, 0.1) is 10.7 Å². The number of hydrogen-bond donors (Lipinski definition) is 1. The van der Waals surface area contributed by atoms with Gasteiger partial charge in [-0.25, -0.2) is 4.98 Å². The van der Waals surface area contributed by atoms with E-state index in [2.05, 4.69) is 21.7 Å². The number of aryl methyl sites for hydroxylation is 1. The zero-order chi connectivity index (χ0) is 14.2. The Labute approximate surface area is 132 Å². The van der Waals surface area contributed by atoms with Crippen molar-refractivity contribution in [1.29, 1.82) is 0 Å². The van der Waals surface area contributed by atoms with Crippen LogP contribution in [0.25, 0.3) is 5.65 Å². The molecule has 3 aromatic rings. The van der Waals surface area contributed by atoms with Crippen molar-refractivity contribution < 1.29 is 0 Å².